The van der Waals surface area contributed by atoms with E-state index in [2.05, 4.69) is 5.32 Å². The first kappa shape index (κ1) is 16.5. The highest BCUT2D eigenvalue weighted by molar-refractivity contribution is 7.20. The Morgan fingerprint density at radius 3 is 2.88 bits per heavy atom. The maximum atomic E-state index is 11.8. The second-order valence-corrected chi connectivity index (χ2v) is 6.46. The summed E-state index contributed by atoms with van der Waals surface area (Å²) in [5.74, 6) is -1.22. The highest BCUT2D eigenvalue weighted by atomic mass is 35.5. The summed E-state index contributed by atoms with van der Waals surface area (Å²) in [4.78, 5) is 36.5. The average molecular weight is 365 g/mol. The van der Waals surface area contributed by atoms with Crippen molar-refractivity contribution >= 4 is 57.0 Å². The number of amides is 3. The van der Waals surface area contributed by atoms with Crippen LogP contribution in [0.2, 0.25) is 5.02 Å². The van der Waals surface area contributed by atoms with Gasteiger partial charge in [-0.2, -0.15) is 0 Å². The third-order valence-corrected chi connectivity index (χ3v) is 5.08. The molecule has 1 fully saturated rings. The number of thiophene rings is 1. The van der Waals surface area contributed by atoms with E-state index < -0.39 is 24.5 Å². The molecule has 0 radical (unpaired) electrons. The van der Waals surface area contributed by atoms with E-state index in [1.807, 2.05) is 24.3 Å². The van der Waals surface area contributed by atoms with Crippen LogP contribution >= 0.6 is 22.9 Å². The molecule has 1 saturated heterocycles. The minimum atomic E-state index is -0.670. The highest BCUT2D eigenvalue weighted by Gasteiger charge is 2.26. The lowest BCUT2D eigenvalue weighted by atomic mass is 10.2. The van der Waals surface area contributed by atoms with Crippen LogP contribution in [0.4, 0.5) is 4.79 Å². The van der Waals surface area contributed by atoms with Crippen molar-refractivity contribution in [2.75, 3.05) is 19.7 Å². The standard InChI is InChI=1S/C16H13ClN2O4S/c17-15-10-3-1-2-4-11(10)24-12(15)5-6-14(21)23-9-13(20)19-8-7-18-16(19)22/h1-6H,7-9H2,(H,18,22)/b6-5+. The van der Waals surface area contributed by atoms with E-state index in [1.54, 1.807) is 6.08 Å². The number of hydrogen-bond acceptors (Lipinski definition) is 5. The van der Waals surface area contributed by atoms with Crippen LogP contribution in [-0.4, -0.2) is 42.5 Å². The summed E-state index contributed by atoms with van der Waals surface area (Å²) in [7, 11) is 0. The van der Waals surface area contributed by atoms with Gasteiger partial charge in [0.2, 0.25) is 0 Å². The molecule has 3 amide bonds. The Morgan fingerprint density at radius 1 is 1.38 bits per heavy atom. The number of nitrogens with zero attached hydrogens (tertiary/aromatic N) is 1. The van der Waals surface area contributed by atoms with Crippen LogP contribution in [0.1, 0.15) is 4.88 Å². The molecular formula is C16H13ClN2O4S. The van der Waals surface area contributed by atoms with Gasteiger partial charge in [0, 0.05) is 34.1 Å². The van der Waals surface area contributed by atoms with Gasteiger partial charge in [-0.3, -0.25) is 9.69 Å². The van der Waals surface area contributed by atoms with E-state index in [4.69, 9.17) is 16.3 Å². The number of fused-ring (bicyclic) bond motifs is 1. The second-order valence-electron chi connectivity index (χ2n) is 4.99. The second kappa shape index (κ2) is 7.02. The molecule has 1 aliphatic heterocycles. The lowest BCUT2D eigenvalue weighted by Gasteiger charge is -2.11. The number of nitrogens with one attached hydrogen (secondary N) is 1. The molecule has 2 heterocycles. The molecule has 3 rings (SSSR count). The third kappa shape index (κ3) is 3.42. The fourth-order valence-corrected chi connectivity index (χ4v) is 3.65. The topological polar surface area (TPSA) is 75.7 Å². The Balaban J connectivity index is 1.59. The first-order chi connectivity index (χ1) is 11.6. The maximum absolute atomic E-state index is 11.8. The Morgan fingerprint density at radius 2 is 2.17 bits per heavy atom. The number of hydrogen-bond donors (Lipinski definition) is 1. The van der Waals surface area contributed by atoms with Crippen LogP contribution in [0.15, 0.2) is 30.3 Å². The van der Waals surface area contributed by atoms with Crippen LogP contribution in [-0.2, 0) is 14.3 Å². The van der Waals surface area contributed by atoms with Gasteiger partial charge in [0.25, 0.3) is 5.91 Å². The molecule has 1 N–H and O–H groups in total. The van der Waals surface area contributed by atoms with Crippen molar-refractivity contribution in [2.24, 2.45) is 0 Å². The first-order valence-corrected chi connectivity index (χ1v) is 8.36. The van der Waals surface area contributed by atoms with Crippen LogP contribution in [0, 0.1) is 0 Å². The Hall–Kier alpha value is -2.38. The van der Waals surface area contributed by atoms with E-state index in [0.29, 0.717) is 11.6 Å². The molecule has 24 heavy (non-hydrogen) atoms. The van der Waals surface area contributed by atoms with Gasteiger partial charge in [0.15, 0.2) is 6.61 Å². The van der Waals surface area contributed by atoms with E-state index >= 15 is 0 Å². The largest absolute Gasteiger partial charge is 0.452 e. The zero-order valence-corrected chi connectivity index (χ0v) is 14.0. The summed E-state index contributed by atoms with van der Waals surface area (Å²) >= 11 is 7.73. The molecule has 1 aromatic heterocycles. The minimum absolute atomic E-state index is 0.280. The molecule has 1 aliphatic rings. The Kier molecular flexibility index (Phi) is 4.82. The van der Waals surface area contributed by atoms with Gasteiger partial charge >= 0.3 is 12.0 Å². The van der Waals surface area contributed by atoms with E-state index in [9.17, 15) is 14.4 Å². The normalized spacial score (nSPS) is 14.4. The van der Waals surface area contributed by atoms with Gasteiger partial charge in [0.05, 0.1) is 5.02 Å². The van der Waals surface area contributed by atoms with Crippen molar-refractivity contribution in [3.05, 3.63) is 40.2 Å². The van der Waals surface area contributed by atoms with E-state index in [-0.39, 0.29) is 6.54 Å². The van der Waals surface area contributed by atoms with Crippen molar-refractivity contribution in [1.82, 2.24) is 10.2 Å². The fourth-order valence-electron chi connectivity index (χ4n) is 2.25. The van der Waals surface area contributed by atoms with Crippen LogP contribution in [0.5, 0.6) is 0 Å². The third-order valence-electron chi connectivity index (χ3n) is 3.43. The lowest BCUT2D eigenvalue weighted by molar-refractivity contribution is -0.146. The monoisotopic (exact) mass is 364 g/mol. The number of ether oxygens (including phenoxy) is 1. The molecule has 6 nitrogen and oxygen atoms in total. The number of benzene rings is 1. The Labute approximate surface area is 146 Å². The van der Waals surface area contributed by atoms with Crippen molar-refractivity contribution in [3.63, 3.8) is 0 Å². The summed E-state index contributed by atoms with van der Waals surface area (Å²) in [6.45, 7) is 0.210. The predicted molar refractivity (Wildman–Crippen MR) is 91.9 cm³/mol. The van der Waals surface area contributed by atoms with E-state index in [1.165, 1.54) is 17.4 Å². The van der Waals surface area contributed by atoms with Gasteiger partial charge in [-0.1, -0.05) is 29.8 Å². The van der Waals surface area contributed by atoms with Crippen molar-refractivity contribution < 1.29 is 19.1 Å². The molecular weight excluding hydrogens is 352 g/mol. The number of imide groups is 1. The lowest BCUT2D eigenvalue weighted by Crippen LogP contribution is -2.37. The predicted octanol–water partition coefficient (Wildman–Crippen LogP) is 2.66. The summed E-state index contributed by atoms with van der Waals surface area (Å²) < 4.78 is 5.88. The van der Waals surface area contributed by atoms with Crippen molar-refractivity contribution in [3.8, 4) is 0 Å². The minimum Gasteiger partial charge on any atom is -0.452 e. The van der Waals surface area contributed by atoms with Crippen molar-refractivity contribution in [1.29, 1.82) is 0 Å². The fraction of sp³-hybridized carbons (Fsp3) is 0.188. The summed E-state index contributed by atoms with van der Waals surface area (Å²) in [5, 5.41) is 4.00. The summed E-state index contributed by atoms with van der Waals surface area (Å²) in [6.07, 6.45) is 2.77. The Bertz CT molecular complexity index is 846. The molecule has 1 aromatic carbocycles. The summed E-state index contributed by atoms with van der Waals surface area (Å²) in [5.41, 5.74) is 0. The zero-order chi connectivity index (χ0) is 17.1. The number of halogens is 1. The molecule has 0 saturated carbocycles. The average Bonchev–Trinajstić information content (AvgIpc) is 3.15. The van der Waals surface area contributed by atoms with Gasteiger partial charge < -0.3 is 10.1 Å². The number of urea groups is 1. The number of carbonyl (C=O) groups excluding carboxylic acids is 3. The maximum Gasteiger partial charge on any atom is 0.331 e. The molecule has 0 aliphatic carbocycles. The van der Waals surface area contributed by atoms with Gasteiger partial charge in [-0.25, -0.2) is 9.59 Å². The number of rotatable bonds is 4. The van der Waals surface area contributed by atoms with Gasteiger partial charge in [-0.15, -0.1) is 11.3 Å². The first-order valence-electron chi connectivity index (χ1n) is 7.16. The van der Waals surface area contributed by atoms with Gasteiger partial charge in [0.1, 0.15) is 0 Å². The zero-order valence-electron chi connectivity index (χ0n) is 12.5. The summed E-state index contributed by atoms with van der Waals surface area (Å²) in [6, 6.07) is 7.19. The van der Waals surface area contributed by atoms with Crippen LogP contribution < -0.4 is 5.32 Å². The number of carbonyl (C=O) groups is 3. The molecule has 8 heteroatoms. The smallest absolute Gasteiger partial charge is 0.331 e. The molecule has 124 valence electrons. The quantitative estimate of drug-likeness (QED) is 0.668. The van der Waals surface area contributed by atoms with Crippen molar-refractivity contribution in [2.45, 2.75) is 0 Å². The van der Waals surface area contributed by atoms with Crippen LogP contribution in [0.25, 0.3) is 16.2 Å². The molecule has 0 spiro atoms. The highest BCUT2D eigenvalue weighted by Crippen LogP contribution is 2.35. The van der Waals surface area contributed by atoms with E-state index in [0.717, 1.165) is 19.9 Å². The molecule has 0 atom stereocenters. The number of esters is 1. The van der Waals surface area contributed by atoms with Gasteiger partial charge in [-0.05, 0) is 12.1 Å². The molecule has 0 bridgehead atoms. The molecule has 2 aromatic rings. The van der Waals surface area contributed by atoms with Crippen LogP contribution in [0.3, 0.4) is 0 Å². The SMILES string of the molecule is O=C(/C=C/c1sc2ccccc2c1Cl)OCC(=O)N1CCNC1=O. The molecule has 0 unspecified atom stereocenters.